The van der Waals surface area contributed by atoms with E-state index in [0.717, 1.165) is 19.5 Å². The Bertz CT molecular complexity index is 880. The van der Waals surface area contributed by atoms with Crippen molar-refractivity contribution in [3.05, 3.63) is 60.3 Å². The fourth-order valence-corrected chi connectivity index (χ4v) is 6.02. The SMILES string of the molecule is Cc1ccc(S(=O)(=O)n2c[c]([Hg])c3ccccc32)cc1. The molecule has 5 heteroatoms. The fraction of sp³-hybridized carbons (Fsp3) is 0.0667. The maximum absolute atomic E-state index is 12.8. The quantitative estimate of drug-likeness (QED) is 0.539. The van der Waals surface area contributed by atoms with Gasteiger partial charge < -0.3 is 0 Å². The molecule has 0 aliphatic heterocycles. The van der Waals surface area contributed by atoms with Gasteiger partial charge in [-0.3, -0.25) is 0 Å². The molecule has 0 spiro atoms. The van der Waals surface area contributed by atoms with E-state index in [1.54, 1.807) is 18.3 Å². The summed E-state index contributed by atoms with van der Waals surface area (Å²) in [4.78, 5) is 0.331. The minimum absolute atomic E-state index is 0.331. The molecule has 0 fully saturated rings. The monoisotopic (exact) mass is 472 g/mol. The van der Waals surface area contributed by atoms with Gasteiger partial charge in [0.15, 0.2) is 0 Å². The summed E-state index contributed by atoms with van der Waals surface area (Å²) >= 11 is 0.376. The van der Waals surface area contributed by atoms with Crippen LogP contribution in [0.3, 0.4) is 0 Å². The second kappa shape index (κ2) is 5.00. The number of fused-ring (bicyclic) bond motifs is 1. The first kappa shape index (κ1) is 13.8. The van der Waals surface area contributed by atoms with Crippen molar-refractivity contribution in [3.63, 3.8) is 0 Å². The van der Waals surface area contributed by atoms with Gasteiger partial charge in [0.05, 0.1) is 0 Å². The third-order valence-electron chi connectivity index (χ3n) is 3.34. The van der Waals surface area contributed by atoms with Gasteiger partial charge in [0.2, 0.25) is 0 Å². The fourth-order valence-electron chi connectivity index (χ4n) is 2.24. The Morgan fingerprint density at radius 1 is 1.00 bits per heavy atom. The summed E-state index contributed by atoms with van der Waals surface area (Å²) in [6, 6.07) is 14.6. The molecule has 0 unspecified atom stereocenters. The van der Waals surface area contributed by atoms with Crippen LogP contribution in [0.25, 0.3) is 10.9 Å². The summed E-state index contributed by atoms with van der Waals surface area (Å²) in [7, 11) is -3.51. The molecule has 3 rings (SSSR count). The van der Waals surface area contributed by atoms with Gasteiger partial charge in [-0.15, -0.1) is 0 Å². The molecular weight excluding hydrogens is 459 g/mol. The molecule has 0 saturated carbocycles. The Balaban J connectivity index is 2.27. The Kier molecular flexibility index (Phi) is 3.46. The van der Waals surface area contributed by atoms with Crippen molar-refractivity contribution >= 4 is 24.0 Å². The molecule has 0 aliphatic rings. The molecule has 20 heavy (non-hydrogen) atoms. The van der Waals surface area contributed by atoms with E-state index >= 15 is 0 Å². The number of rotatable bonds is 2. The van der Waals surface area contributed by atoms with Crippen molar-refractivity contribution in [2.45, 2.75) is 11.8 Å². The van der Waals surface area contributed by atoms with Crippen LogP contribution in [0.2, 0.25) is 0 Å². The van der Waals surface area contributed by atoms with Crippen LogP contribution < -0.4 is 3.07 Å². The predicted octanol–water partition coefficient (Wildman–Crippen LogP) is 2.36. The second-order valence-electron chi connectivity index (χ2n) is 4.79. The van der Waals surface area contributed by atoms with Crippen LogP contribution in [0.1, 0.15) is 5.56 Å². The van der Waals surface area contributed by atoms with Gasteiger partial charge in [-0.1, -0.05) is 0 Å². The number of benzene rings is 2. The van der Waals surface area contributed by atoms with E-state index in [2.05, 4.69) is 0 Å². The van der Waals surface area contributed by atoms with E-state index in [4.69, 9.17) is 0 Å². The molecule has 0 aliphatic carbocycles. The standard InChI is InChI=1S/C15H12NO2S.Hg/c1-12-6-8-14(9-7-12)19(17,18)16-11-10-13-4-2-3-5-15(13)16;/h2-9,11H,1H3;. The third-order valence-corrected chi connectivity index (χ3v) is 7.22. The Labute approximate surface area is 134 Å². The van der Waals surface area contributed by atoms with Gasteiger partial charge in [0.1, 0.15) is 0 Å². The summed E-state index contributed by atoms with van der Waals surface area (Å²) in [5.41, 5.74) is 1.81. The van der Waals surface area contributed by atoms with E-state index in [-0.39, 0.29) is 0 Å². The van der Waals surface area contributed by atoms with Crippen molar-refractivity contribution in [2.24, 2.45) is 0 Å². The zero-order chi connectivity index (χ0) is 14.3. The molecule has 97 valence electrons. The zero-order valence-corrected chi connectivity index (χ0v) is 17.4. The molecular formula is C15H12HgNO2S. The number of nitrogens with zero attached hydrogens (tertiary/aromatic N) is 1. The molecule has 3 nitrogen and oxygen atoms in total. The van der Waals surface area contributed by atoms with Crippen LogP contribution in [-0.4, -0.2) is 12.4 Å². The number of para-hydroxylation sites is 1. The molecule has 1 heterocycles. The van der Waals surface area contributed by atoms with Crippen LogP contribution in [-0.2, 0) is 36.1 Å². The van der Waals surface area contributed by atoms with Crippen LogP contribution in [0.4, 0.5) is 0 Å². The van der Waals surface area contributed by atoms with Gasteiger partial charge in [-0.05, 0) is 0 Å². The van der Waals surface area contributed by atoms with Crippen molar-refractivity contribution in [1.82, 2.24) is 3.97 Å². The van der Waals surface area contributed by atoms with E-state index in [9.17, 15) is 8.42 Å². The van der Waals surface area contributed by atoms with E-state index in [1.807, 2.05) is 43.3 Å². The summed E-state index contributed by atoms with van der Waals surface area (Å²) in [6.45, 7) is 1.94. The number of hydrogen-bond acceptors (Lipinski definition) is 2. The molecule has 3 aromatic rings. The van der Waals surface area contributed by atoms with Crippen molar-refractivity contribution in [2.75, 3.05) is 0 Å². The molecule has 1 aromatic heterocycles. The Morgan fingerprint density at radius 2 is 1.65 bits per heavy atom. The number of hydrogen-bond donors (Lipinski definition) is 0. The number of aromatic nitrogens is 1. The minimum atomic E-state index is -3.51. The predicted molar refractivity (Wildman–Crippen MR) is 75.3 cm³/mol. The first-order chi connectivity index (χ1) is 9.50. The summed E-state index contributed by atoms with van der Waals surface area (Å²) in [5, 5.41) is 1.05. The molecule has 0 radical (unpaired) electrons. The number of aryl methyl sites for hydroxylation is 1. The average Bonchev–Trinajstić information content (AvgIpc) is 2.78. The van der Waals surface area contributed by atoms with E-state index in [1.165, 1.54) is 3.97 Å². The van der Waals surface area contributed by atoms with Crippen LogP contribution in [0.5, 0.6) is 0 Å². The molecule has 0 N–H and O–H groups in total. The summed E-state index contributed by atoms with van der Waals surface area (Å²) in [5.74, 6) is 0. The van der Waals surface area contributed by atoms with Crippen molar-refractivity contribution in [3.8, 4) is 0 Å². The molecule has 0 atom stereocenters. The first-order valence-electron chi connectivity index (χ1n) is 6.24. The van der Waals surface area contributed by atoms with Crippen LogP contribution in [0.15, 0.2) is 59.6 Å². The van der Waals surface area contributed by atoms with Crippen molar-refractivity contribution < 1.29 is 34.5 Å². The van der Waals surface area contributed by atoms with E-state index < -0.39 is 10.0 Å². The molecule has 0 amide bonds. The normalized spacial score (nSPS) is 11.9. The maximum atomic E-state index is 12.8. The molecule has 0 saturated heterocycles. The van der Waals surface area contributed by atoms with Crippen molar-refractivity contribution in [1.29, 1.82) is 0 Å². The molecule has 0 bridgehead atoms. The van der Waals surface area contributed by atoms with Gasteiger partial charge in [0.25, 0.3) is 0 Å². The first-order valence-corrected chi connectivity index (χ1v) is 10.4. The van der Waals surface area contributed by atoms with Crippen LogP contribution in [0, 0.1) is 6.92 Å². The summed E-state index contributed by atoms with van der Waals surface area (Å²) in [6.07, 6.45) is 1.77. The van der Waals surface area contributed by atoms with Gasteiger partial charge in [-0.2, -0.15) is 0 Å². The summed E-state index contributed by atoms with van der Waals surface area (Å²) < 4.78 is 28.1. The van der Waals surface area contributed by atoms with Gasteiger partial charge >= 0.3 is 135 Å². The van der Waals surface area contributed by atoms with Gasteiger partial charge in [-0.25, -0.2) is 0 Å². The second-order valence-corrected chi connectivity index (χ2v) is 9.56. The molecule has 2 aromatic carbocycles. The van der Waals surface area contributed by atoms with E-state index in [0.29, 0.717) is 31.0 Å². The Hall–Kier alpha value is -1.13. The average molecular weight is 471 g/mol. The van der Waals surface area contributed by atoms with Crippen LogP contribution >= 0.6 is 0 Å². The topological polar surface area (TPSA) is 39.1 Å². The van der Waals surface area contributed by atoms with Gasteiger partial charge in [0, 0.05) is 0 Å². The Morgan fingerprint density at radius 3 is 2.35 bits per heavy atom. The zero-order valence-electron chi connectivity index (χ0n) is 11.1. The third kappa shape index (κ3) is 2.21.